The first-order valence-electron chi connectivity index (χ1n) is 6.83. The molecule has 0 radical (unpaired) electrons. The van der Waals surface area contributed by atoms with Gasteiger partial charge in [-0.15, -0.1) is 0 Å². The third-order valence-corrected chi connectivity index (χ3v) is 3.50. The van der Waals surface area contributed by atoms with Crippen molar-refractivity contribution in [3.8, 4) is 11.8 Å². The van der Waals surface area contributed by atoms with Crippen molar-refractivity contribution >= 4 is 11.8 Å². The van der Waals surface area contributed by atoms with Crippen molar-refractivity contribution in [3.05, 3.63) is 29.8 Å². The summed E-state index contributed by atoms with van der Waals surface area (Å²) in [4.78, 5) is 25.0. The average Bonchev–Trinajstić information content (AvgIpc) is 2.53. The molecule has 1 fully saturated rings. The van der Waals surface area contributed by atoms with Crippen LogP contribution in [-0.4, -0.2) is 35.9 Å². The Morgan fingerprint density at radius 2 is 2.05 bits per heavy atom. The van der Waals surface area contributed by atoms with Crippen LogP contribution in [0.2, 0.25) is 0 Å². The molecule has 6 heteroatoms. The monoisotopic (exact) mass is 287 g/mol. The van der Waals surface area contributed by atoms with E-state index in [1.54, 1.807) is 24.3 Å². The maximum Gasteiger partial charge on any atom is 0.261 e. The van der Waals surface area contributed by atoms with Crippen molar-refractivity contribution in [1.29, 1.82) is 5.26 Å². The van der Waals surface area contributed by atoms with Crippen LogP contribution in [0.1, 0.15) is 24.8 Å². The Bertz CT molecular complexity index is 563. The molecule has 1 aromatic carbocycles. The number of piperidine rings is 1. The van der Waals surface area contributed by atoms with Gasteiger partial charge in [-0.25, -0.2) is 0 Å². The van der Waals surface area contributed by atoms with Crippen LogP contribution in [0.15, 0.2) is 24.3 Å². The molecule has 0 spiro atoms. The summed E-state index contributed by atoms with van der Waals surface area (Å²) in [6, 6.07) is 7.98. The lowest BCUT2D eigenvalue weighted by molar-refractivity contribution is -0.142. The van der Waals surface area contributed by atoms with Gasteiger partial charge in [0.2, 0.25) is 5.91 Å². The Balaban J connectivity index is 1.93. The molecule has 2 amide bonds. The van der Waals surface area contributed by atoms with Crippen LogP contribution in [-0.2, 0) is 9.59 Å². The van der Waals surface area contributed by atoms with Gasteiger partial charge in [0.25, 0.3) is 5.91 Å². The fourth-order valence-corrected chi connectivity index (χ4v) is 2.38. The predicted octanol–water partition coefficient (Wildman–Crippen LogP) is 0.803. The summed E-state index contributed by atoms with van der Waals surface area (Å²) < 4.78 is 5.40. The molecule has 1 aromatic rings. The van der Waals surface area contributed by atoms with Crippen LogP contribution in [0.3, 0.4) is 0 Å². The lowest BCUT2D eigenvalue weighted by Crippen LogP contribution is -2.51. The van der Waals surface area contributed by atoms with E-state index in [-0.39, 0.29) is 12.5 Å². The lowest BCUT2D eigenvalue weighted by Gasteiger charge is -2.33. The van der Waals surface area contributed by atoms with E-state index < -0.39 is 11.9 Å². The van der Waals surface area contributed by atoms with Gasteiger partial charge in [0.15, 0.2) is 6.61 Å². The van der Waals surface area contributed by atoms with E-state index in [2.05, 4.69) is 0 Å². The first-order chi connectivity index (χ1) is 10.1. The molecule has 0 bridgehead atoms. The van der Waals surface area contributed by atoms with E-state index in [0.717, 1.165) is 12.8 Å². The molecule has 21 heavy (non-hydrogen) atoms. The quantitative estimate of drug-likeness (QED) is 0.886. The zero-order chi connectivity index (χ0) is 15.2. The SMILES string of the molecule is N#Cc1ccc(OCC(=O)N2CCCCC2C(N)=O)cc1. The predicted molar refractivity (Wildman–Crippen MR) is 75.2 cm³/mol. The number of benzene rings is 1. The van der Waals surface area contributed by atoms with Gasteiger partial charge in [-0.1, -0.05) is 0 Å². The van der Waals surface area contributed by atoms with Crippen LogP contribution in [0.4, 0.5) is 0 Å². The molecule has 2 rings (SSSR count). The number of amides is 2. The molecule has 1 aliphatic heterocycles. The Kier molecular flexibility index (Phi) is 4.77. The molecule has 2 N–H and O–H groups in total. The van der Waals surface area contributed by atoms with Crippen molar-refractivity contribution in [2.24, 2.45) is 5.73 Å². The maximum atomic E-state index is 12.2. The normalized spacial score (nSPS) is 17.9. The molecule has 1 aliphatic rings. The number of rotatable bonds is 4. The Morgan fingerprint density at radius 1 is 1.33 bits per heavy atom. The van der Waals surface area contributed by atoms with Gasteiger partial charge >= 0.3 is 0 Å². The molecule has 1 heterocycles. The van der Waals surface area contributed by atoms with E-state index in [1.807, 2.05) is 6.07 Å². The average molecular weight is 287 g/mol. The fraction of sp³-hybridized carbons (Fsp3) is 0.400. The topological polar surface area (TPSA) is 96.4 Å². The van der Waals surface area contributed by atoms with E-state index >= 15 is 0 Å². The number of primary amides is 1. The number of nitrogens with zero attached hydrogens (tertiary/aromatic N) is 2. The number of ether oxygens (including phenoxy) is 1. The molecular formula is C15H17N3O3. The number of nitrogens with two attached hydrogens (primary N) is 1. The molecule has 1 atom stereocenters. The number of hydrogen-bond acceptors (Lipinski definition) is 4. The fourth-order valence-electron chi connectivity index (χ4n) is 2.38. The highest BCUT2D eigenvalue weighted by atomic mass is 16.5. The molecule has 110 valence electrons. The summed E-state index contributed by atoms with van der Waals surface area (Å²) in [5.74, 6) is -0.209. The van der Waals surface area contributed by atoms with E-state index in [9.17, 15) is 9.59 Å². The Labute approximate surface area is 123 Å². The van der Waals surface area contributed by atoms with Gasteiger partial charge in [-0.3, -0.25) is 9.59 Å². The van der Waals surface area contributed by atoms with Crippen LogP contribution in [0.5, 0.6) is 5.75 Å². The third kappa shape index (κ3) is 3.72. The van der Waals surface area contributed by atoms with Gasteiger partial charge in [0, 0.05) is 6.54 Å². The standard InChI is InChI=1S/C15H17N3O3/c16-9-11-4-6-12(7-5-11)21-10-14(19)18-8-2-1-3-13(18)15(17)20/h4-7,13H,1-3,8,10H2,(H2,17,20). The van der Waals surface area contributed by atoms with Crippen molar-refractivity contribution in [2.45, 2.75) is 25.3 Å². The minimum Gasteiger partial charge on any atom is -0.484 e. The number of carbonyl (C=O) groups is 2. The Morgan fingerprint density at radius 3 is 2.67 bits per heavy atom. The largest absolute Gasteiger partial charge is 0.484 e. The van der Waals surface area contributed by atoms with Gasteiger partial charge in [0.05, 0.1) is 11.6 Å². The number of likely N-dealkylation sites (tertiary alicyclic amines) is 1. The van der Waals surface area contributed by atoms with E-state index in [4.69, 9.17) is 15.7 Å². The first kappa shape index (κ1) is 14.9. The van der Waals surface area contributed by atoms with E-state index in [0.29, 0.717) is 24.3 Å². The zero-order valence-electron chi connectivity index (χ0n) is 11.6. The second-order valence-electron chi connectivity index (χ2n) is 4.93. The van der Waals surface area contributed by atoms with Gasteiger partial charge in [-0.2, -0.15) is 5.26 Å². The van der Waals surface area contributed by atoms with Crippen LogP contribution < -0.4 is 10.5 Å². The lowest BCUT2D eigenvalue weighted by atomic mass is 10.0. The van der Waals surface area contributed by atoms with Crippen molar-refractivity contribution in [2.75, 3.05) is 13.2 Å². The van der Waals surface area contributed by atoms with Crippen LogP contribution >= 0.6 is 0 Å². The second kappa shape index (κ2) is 6.75. The summed E-state index contributed by atoms with van der Waals surface area (Å²) in [5.41, 5.74) is 5.86. The highest BCUT2D eigenvalue weighted by Crippen LogP contribution is 2.18. The van der Waals surface area contributed by atoms with Gasteiger partial charge < -0.3 is 15.4 Å². The smallest absolute Gasteiger partial charge is 0.261 e. The molecule has 0 aliphatic carbocycles. The van der Waals surface area contributed by atoms with Crippen molar-refractivity contribution < 1.29 is 14.3 Å². The summed E-state index contributed by atoms with van der Waals surface area (Å²) in [7, 11) is 0. The van der Waals surface area contributed by atoms with Gasteiger partial charge in [0.1, 0.15) is 11.8 Å². The minimum absolute atomic E-state index is 0.143. The molecular weight excluding hydrogens is 270 g/mol. The third-order valence-electron chi connectivity index (χ3n) is 3.50. The minimum atomic E-state index is -0.532. The molecule has 6 nitrogen and oxygen atoms in total. The molecule has 0 aromatic heterocycles. The maximum absolute atomic E-state index is 12.2. The number of nitriles is 1. The summed E-state index contributed by atoms with van der Waals surface area (Å²) in [5, 5.41) is 8.70. The number of carbonyl (C=O) groups excluding carboxylic acids is 2. The summed E-state index contributed by atoms with van der Waals surface area (Å²) in [6.07, 6.45) is 2.37. The van der Waals surface area contributed by atoms with Crippen LogP contribution in [0.25, 0.3) is 0 Å². The highest BCUT2D eigenvalue weighted by Gasteiger charge is 2.30. The van der Waals surface area contributed by atoms with Gasteiger partial charge in [-0.05, 0) is 43.5 Å². The van der Waals surface area contributed by atoms with Crippen molar-refractivity contribution in [1.82, 2.24) is 4.90 Å². The van der Waals surface area contributed by atoms with E-state index in [1.165, 1.54) is 4.90 Å². The zero-order valence-corrected chi connectivity index (χ0v) is 11.6. The Hall–Kier alpha value is -2.55. The molecule has 1 unspecified atom stereocenters. The highest BCUT2D eigenvalue weighted by molar-refractivity contribution is 5.87. The molecule has 0 saturated carbocycles. The number of hydrogen-bond donors (Lipinski definition) is 1. The summed E-state index contributed by atoms with van der Waals surface area (Å²) in [6.45, 7) is 0.388. The van der Waals surface area contributed by atoms with Crippen LogP contribution in [0, 0.1) is 11.3 Å². The van der Waals surface area contributed by atoms with Crippen molar-refractivity contribution in [3.63, 3.8) is 0 Å². The summed E-state index contributed by atoms with van der Waals surface area (Å²) >= 11 is 0. The molecule has 1 saturated heterocycles. The second-order valence-corrected chi connectivity index (χ2v) is 4.93. The first-order valence-corrected chi connectivity index (χ1v) is 6.83.